The van der Waals surface area contributed by atoms with Crippen LogP contribution in [0.25, 0.3) is 6.08 Å². The van der Waals surface area contributed by atoms with Crippen LogP contribution in [0.2, 0.25) is 5.02 Å². The summed E-state index contributed by atoms with van der Waals surface area (Å²) in [5.41, 5.74) is 6.23. The first-order valence-electron chi connectivity index (χ1n) is 9.81. The minimum atomic E-state index is -0.745. The fourth-order valence-corrected chi connectivity index (χ4v) is 3.23. The van der Waals surface area contributed by atoms with Crippen LogP contribution in [0.5, 0.6) is 0 Å². The number of nitrogens with two attached hydrogens (primary N) is 1. The maximum atomic E-state index is 13.2. The average molecular weight is 455 g/mol. The molecule has 0 spiro atoms. The zero-order valence-electron chi connectivity index (χ0n) is 17.5. The number of rotatable bonds is 8. The van der Waals surface area contributed by atoms with Crippen molar-refractivity contribution in [2.45, 2.75) is 13.1 Å². The molecule has 3 N–H and O–H groups in total. The van der Waals surface area contributed by atoms with Crippen LogP contribution < -0.4 is 21.9 Å². The molecule has 1 aromatic heterocycles. The number of aromatic amines is 1. The molecule has 0 unspecified atom stereocenters. The molecule has 1 heterocycles. The molecule has 0 saturated heterocycles. The van der Waals surface area contributed by atoms with Gasteiger partial charge in [-0.3, -0.25) is 24.0 Å². The van der Waals surface area contributed by atoms with E-state index in [0.717, 1.165) is 11.1 Å². The molecule has 9 heteroatoms. The summed E-state index contributed by atoms with van der Waals surface area (Å²) >= 11 is 5.91. The Labute approximate surface area is 189 Å². The third-order valence-electron chi connectivity index (χ3n) is 4.74. The van der Waals surface area contributed by atoms with E-state index < -0.39 is 17.2 Å². The Bertz CT molecular complexity index is 1220. The number of benzene rings is 2. The third-order valence-corrected chi connectivity index (χ3v) is 4.99. The van der Waals surface area contributed by atoms with E-state index in [9.17, 15) is 14.4 Å². The average Bonchev–Trinajstić information content (AvgIpc) is 2.78. The first kappa shape index (κ1) is 23.1. The lowest BCUT2D eigenvalue weighted by Crippen LogP contribution is -2.40. The lowest BCUT2D eigenvalue weighted by Gasteiger charge is -2.23. The zero-order valence-corrected chi connectivity index (χ0v) is 18.2. The van der Waals surface area contributed by atoms with Crippen LogP contribution in [-0.2, 0) is 22.6 Å². The van der Waals surface area contributed by atoms with Crippen LogP contribution in [0.4, 0.5) is 11.5 Å². The van der Waals surface area contributed by atoms with Crippen molar-refractivity contribution < 1.29 is 9.53 Å². The number of H-pyrrole nitrogens is 1. The van der Waals surface area contributed by atoms with Crippen molar-refractivity contribution in [3.05, 3.63) is 97.7 Å². The number of carbonyl (C=O) groups is 1. The molecule has 0 aliphatic rings. The van der Waals surface area contributed by atoms with Crippen molar-refractivity contribution in [3.63, 3.8) is 0 Å². The highest BCUT2D eigenvalue weighted by Gasteiger charge is 2.23. The quantitative estimate of drug-likeness (QED) is 0.508. The van der Waals surface area contributed by atoms with Gasteiger partial charge in [-0.2, -0.15) is 0 Å². The lowest BCUT2D eigenvalue weighted by molar-refractivity contribution is -0.114. The second-order valence-electron chi connectivity index (χ2n) is 6.93. The highest BCUT2D eigenvalue weighted by molar-refractivity contribution is 6.30. The van der Waals surface area contributed by atoms with Crippen LogP contribution in [0.1, 0.15) is 11.1 Å². The summed E-state index contributed by atoms with van der Waals surface area (Å²) in [5.74, 6) is -0.585. The number of nitrogens with zero attached hydrogens (tertiary/aromatic N) is 2. The molecular formula is C23H23ClN4O4. The summed E-state index contributed by atoms with van der Waals surface area (Å²) in [5, 5.41) is 0.580. The Morgan fingerprint density at radius 3 is 2.50 bits per heavy atom. The van der Waals surface area contributed by atoms with Gasteiger partial charge in [0.2, 0.25) is 0 Å². The Balaban J connectivity index is 2.05. The number of anilines is 2. The second-order valence-corrected chi connectivity index (χ2v) is 7.37. The van der Waals surface area contributed by atoms with Crippen molar-refractivity contribution in [3.8, 4) is 0 Å². The smallest absolute Gasteiger partial charge is 0.330 e. The molecular weight excluding hydrogens is 432 g/mol. The molecule has 0 radical (unpaired) electrons. The number of hydrogen-bond donors (Lipinski definition) is 2. The van der Waals surface area contributed by atoms with E-state index in [2.05, 4.69) is 4.98 Å². The van der Waals surface area contributed by atoms with Gasteiger partial charge in [0.15, 0.2) is 5.69 Å². The van der Waals surface area contributed by atoms with Gasteiger partial charge in [0.25, 0.3) is 11.5 Å². The van der Waals surface area contributed by atoms with Crippen molar-refractivity contribution in [2.24, 2.45) is 0 Å². The number of halogens is 1. The van der Waals surface area contributed by atoms with Crippen LogP contribution in [0.15, 0.2) is 70.3 Å². The number of aromatic nitrogens is 2. The lowest BCUT2D eigenvalue weighted by atomic mass is 10.2. The normalized spacial score (nSPS) is 11.1. The van der Waals surface area contributed by atoms with Crippen molar-refractivity contribution in [1.82, 2.24) is 9.55 Å². The Morgan fingerprint density at radius 2 is 1.84 bits per heavy atom. The first-order chi connectivity index (χ1) is 15.4. The van der Waals surface area contributed by atoms with Gasteiger partial charge in [0.1, 0.15) is 5.82 Å². The molecule has 0 aliphatic carbocycles. The number of nitrogen functional groups attached to an aromatic ring is 1. The number of ether oxygens (including phenoxy) is 1. The fraction of sp³-hybridized carbons (Fsp3) is 0.174. The summed E-state index contributed by atoms with van der Waals surface area (Å²) in [6.45, 7) is 0.415. The molecule has 0 saturated carbocycles. The van der Waals surface area contributed by atoms with Gasteiger partial charge in [0.05, 0.1) is 19.7 Å². The number of methoxy groups -OCH3 is 1. The molecule has 2 aromatic carbocycles. The summed E-state index contributed by atoms with van der Waals surface area (Å²) < 4.78 is 6.19. The molecule has 0 fully saturated rings. The molecule has 3 aromatic rings. The van der Waals surface area contributed by atoms with Gasteiger partial charge in [-0.25, -0.2) is 4.79 Å². The molecule has 166 valence electrons. The predicted molar refractivity (Wildman–Crippen MR) is 126 cm³/mol. The number of nitrogens with one attached hydrogen (secondary N) is 1. The van der Waals surface area contributed by atoms with E-state index in [4.69, 9.17) is 22.1 Å². The van der Waals surface area contributed by atoms with Crippen molar-refractivity contribution in [1.29, 1.82) is 0 Å². The van der Waals surface area contributed by atoms with Crippen molar-refractivity contribution >= 4 is 35.1 Å². The Kier molecular flexibility index (Phi) is 7.64. The molecule has 0 bridgehead atoms. The maximum absolute atomic E-state index is 13.2. The molecule has 1 amide bonds. The van der Waals surface area contributed by atoms with Gasteiger partial charge >= 0.3 is 5.69 Å². The van der Waals surface area contributed by atoms with Crippen LogP contribution in [-0.4, -0.2) is 29.2 Å². The van der Waals surface area contributed by atoms with E-state index in [-0.39, 0.29) is 31.2 Å². The zero-order chi connectivity index (χ0) is 23.1. The molecule has 0 aliphatic heterocycles. The SMILES string of the molecule is COCCn1c(N)c(N(Cc2ccccc2)C(=O)/C=C/c2ccc(Cl)cc2)c(=O)[nH]c1=O. The summed E-state index contributed by atoms with van der Waals surface area (Å²) in [4.78, 5) is 41.7. The molecule has 32 heavy (non-hydrogen) atoms. The molecule has 3 rings (SSSR count). The van der Waals surface area contributed by atoms with Gasteiger partial charge < -0.3 is 10.5 Å². The van der Waals surface area contributed by atoms with Crippen LogP contribution in [0.3, 0.4) is 0 Å². The van der Waals surface area contributed by atoms with E-state index in [1.54, 1.807) is 30.3 Å². The first-order valence-corrected chi connectivity index (χ1v) is 10.2. The monoisotopic (exact) mass is 454 g/mol. The van der Waals surface area contributed by atoms with E-state index in [1.807, 2.05) is 30.3 Å². The van der Waals surface area contributed by atoms with Crippen LogP contribution >= 0.6 is 11.6 Å². The minimum absolute atomic E-state index is 0.0837. The third kappa shape index (κ3) is 5.54. The Morgan fingerprint density at radius 1 is 1.16 bits per heavy atom. The van der Waals surface area contributed by atoms with Gasteiger partial charge in [0, 0.05) is 18.2 Å². The van der Waals surface area contributed by atoms with E-state index >= 15 is 0 Å². The standard InChI is InChI=1S/C23H23ClN4O4/c1-32-14-13-27-21(25)20(22(30)26-23(27)31)28(15-17-5-3-2-4-6-17)19(29)12-9-16-7-10-18(24)11-8-16/h2-12H,13-15,25H2,1H3,(H,26,30,31)/b12-9+. The van der Waals surface area contributed by atoms with Gasteiger partial charge in [-0.05, 0) is 29.3 Å². The summed E-state index contributed by atoms with van der Waals surface area (Å²) in [6.07, 6.45) is 2.96. The van der Waals surface area contributed by atoms with Crippen LogP contribution in [0, 0.1) is 0 Å². The fourth-order valence-electron chi connectivity index (χ4n) is 3.11. The van der Waals surface area contributed by atoms with E-state index in [0.29, 0.717) is 5.02 Å². The molecule has 0 atom stereocenters. The minimum Gasteiger partial charge on any atom is -0.383 e. The largest absolute Gasteiger partial charge is 0.383 e. The number of hydrogen-bond acceptors (Lipinski definition) is 5. The molecule has 8 nitrogen and oxygen atoms in total. The topological polar surface area (TPSA) is 110 Å². The number of carbonyl (C=O) groups excluding carboxylic acids is 1. The van der Waals surface area contributed by atoms with Gasteiger partial charge in [-0.1, -0.05) is 54.1 Å². The number of amides is 1. The highest BCUT2D eigenvalue weighted by atomic mass is 35.5. The summed E-state index contributed by atoms with van der Waals surface area (Å²) in [6, 6.07) is 16.1. The predicted octanol–water partition coefficient (Wildman–Crippen LogP) is 2.67. The van der Waals surface area contributed by atoms with Gasteiger partial charge in [-0.15, -0.1) is 0 Å². The Hall–Kier alpha value is -3.62. The summed E-state index contributed by atoms with van der Waals surface area (Å²) in [7, 11) is 1.49. The highest BCUT2D eigenvalue weighted by Crippen LogP contribution is 2.20. The van der Waals surface area contributed by atoms with E-state index in [1.165, 1.54) is 22.7 Å². The maximum Gasteiger partial charge on any atom is 0.330 e. The van der Waals surface area contributed by atoms with Crippen molar-refractivity contribution in [2.75, 3.05) is 24.4 Å². The second kappa shape index (κ2) is 10.6.